The Morgan fingerprint density at radius 2 is 1.83 bits per heavy atom. The second-order valence-corrected chi connectivity index (χ2v) is 4.08. The van der Waals surface area contributed by atoms with Gasteiger partial charge in [-0.1, -0.05) is 12.1 Å². The number of fused-ring (bicyclic) bond motifs is 1. The summed E-state index contributed by atoms with van der Waals surface area (Å²) >= 11 is 2.36. The second-order valence-electron chi connectivity index (χ2n) is 3.04. The summed E-state index contributed by atoms with van der Waals surface area (Å²) in [5, 5.41) is 0. The van der Waals surface area contributed by atoms with E-state index < -0.39 is 0 Å². The first-order chi connectivity index (χ1) is 5.72. The zero-order valence-corrected chi connectivity index (χ0v) is 9.32. The van der Waals surface area contributed by atoms with Crippen LogP contribution in [0.25, 0.3) is 0 Å². The fraction of sp³-hybridized carbons (Fsp3) is 0.333. The molecule has 0 fully saturated rings. The van der Waals surface area contributed by atoms with Crippen molar-refractivity contribution in [3.63, 3.8) is 0 Å². The minimum absolute atomic E-state index is 0.461. The maximum atomic E-state index is 2.36. The van der Waals surface area contributed by atoms with Gasteiger partial charge in [0.1, 0.15) is 6.17 Å². The lowest BCUT2D eigenvalue weighted by Crippen LogP contribution is -2.32. The van der Waals surface area contributed by atoms with Gasteiger partial charge in [-0.3, -0.25) is 3.11 Å². The minimum atomic E-state index is 0.461. The molecule has 0 amide bonds. The molecule has 1 unspecified atom stereocenters. The molecule has 0 saturated carbocycles. The van der Waals surface area contributed by atoms with Gasteiger partial charge in [0.2, 0.25) is 0 Å². The molecule has 0 spiro atoms. The molecular weight excluding hydrogens is 263 g/mol. The van der Waals surface area contributed by atoms with Crippen molar-refractivity contribution in [1.29, 1.82) is 0 Å². The lowest BCUT2D eigenvalue weighted by atomic mass is 10.3. The van der Waals surface area contributed by atoms with Crippen molar-refractivity contribution in [2.75, 3.05) is 15.1 Å². The van der Waals surface area contributed by atoms with E-state index in [4.69, 9.17) is 0 Å². The minimum Gasteiger partial charge on any atom is -0.352 e. The highest BCUT2D eigenvalue weighted by Gasteiger charge is 2.27. The van der Waals surface area contributed by atoms with E-state index in [1.807, 2.05) is 0 Å². The first kappa shape index (κ1) is 8.16. The van der Waals surface area contributed by atoms with Gasteiger partial charge in [0.05, 0.1) is 34.2 Å². The molecule has 0 bridgehead atoms. The highest BCUT2D eigenvalue weighted by Crippen LogP contribution is 2.40. The maximum Gasteiger partial charge on any atom is 0.108 e. The van der Waals surface area contributed by atoms with E-state index in [0.717, 1.165) is 0 Å². The van der Waals surface area contributed by atoms with Crippen LogP contribution in [0.4, 0.5) is 11.4 Å². The van der Waals surface area contributed by atoms with Gasteiger partial charge in [0, 0.05) is 7.05 Å². The number of anilines is 2. The van der Waals surface area contributed by atoms with Crippen LogP contribution >= 0.6 is 22.9 Å². The molecule has 64 valence electrons. The molecule has 1 aliphatic rings. The molecule has 0 radical (unpaired) electrons. The molecule has 1 aromatic carbocycles. The summed E-state index contributed by atoms with van der Waals surface area (Å²) in [6.45, 7) is 2.20. The van der Waals surface area contributed by atoms with Crippen LogP contribution in [0.15, 0.2) is 24.3 Å². The van der Waals surface area contributed by atoms with Crippen molar-refractivity contribution in [1.82, 2.24) is 0 Å². The quantitative estimate of drug-likeness (QED) is 0.530. The van der Waals surface area contributed by atoms with E-state index in [2.05, 4.69) is 69.1 Å². The molecule has 0 saturated heterocycles. The van der Waals surface area contributed by atoms with E-state index in [0.29, 0.717) is 6.17 Å². The smallest absolute Gasteiger partial charge is 0.108 e. The standard InChI is InChI=1S/C9H11IN2/c1-7-11(2)8-5-3-4-6-9(8)12(7)10/h3-7H,1-2H3. The third-order valence-electron chi connectivity index (χ3n) is 2.38. The van der Waals surface area contributed by atoms with Crippen LogP contribution in [0.3, 0.4) is 0 Å². The zero-order chi connectivity index (χ0) is 8.72. The van der Waals surface area contributed by atoms with Crippen molar-refractivity contribution in [3.8, 4) is 0 Å². The number of halogens is 1. The topological polar surface area (TPSA) is 6.48 Å². The van der Waals surface area contributed by atoms with Crippen LogP contribution in [0.5, 0.6) is 0 Å². The fourth-order valence-electron chi connectivity index (χ4n) is 1.50. The maximum absolute atomic E-state index is 2.36. The average Bonchev–Trinajstić information content (AvgIpc) is 2.33. The molecular formula is C9H11IN2. The molecule has 2 rings (SSSR count). The second kappa shape index (κ2) is 2.80. The van der Waals surface area contributed by atoms with Gasteiger partial charge in [-0.25, -0.2) is 0 Å². The average molecular weight is 274 g/mol. The van der Waals surface area contributed by atoms with Crippen LogP contribution in [0, 0.1) is 0 Å². The SMILES string of the molecule is CC1N(C)c2ccccc2N1I. The Hall–Kier alpha value is -0.450. The molecule has 1 atom stereocenters. The van der Waals surface area contributed by atoms with E-state index in [1.165, 1.54) is 11.4 Å². The Morgan fingerprint density at radius 1 is 1.25 bits per heavy atom. The third-order valence-corrected chi connectivity index (χ3v) is 3.71. The Bertz CT molecular complexity index is 271. The van der Waals surface area contributed by atoms with Gasteiger partial charge >= 0.3 is 0 Å². The normalized spacial score (nSPS) is 21.4. The summed E-state index contributed by atoms with van der Waals surface area (Å²) in [5.41, 5.74) is 2.63. The van der Waals surface area contributed by atoms with Crippen LogP contribution in [0.1, 0.15) is 6.92 Å². The van der Waals surface area contributed by atoms with Crippen molar-refractivity contribution < 1.29 is 0 Å². The third kappa shape index (κ3) is 0.990. The Labute approximate surface area is 86.7 Å². The lowest BCUT2D eigenvalue weighted by molar-refractivity contribution is 0.778. The van der Waals surface area contributed by atoms with Gasteiger partial charge in [0.15, 0.2) is 0 Å². The predicted molar refractivity (Wildman–Crippen MR) is 60.8 cm³/mol. The van der Waals surface area contributed by atoms with Crippen molar-refractivity contribution in [2.24, 2.45) is 0 Å². The van der Waals surface area contributed by atoms with Crippen LogP contribution in [0.2, 0.25) is 0 Å². The molecule has 1 heterocycles. The van der Waals surface area contributed by atoms with Crippen molar-refractivity contribution >= 4 is 34.2 Å². The van der Waals surface area contributed by atoms with Crippen LogP contribution in [-0.2, 0) is 0 Å². The van der Waals surface area contributed by atoms with Gasteiger partial charge in [-0.2, -0.15) is 0 Å². The Balaban J connectivity index is 2.52. The van der Waals surface area contributed by atoms with E-state index in [9.17, 15) is 0 Å². The molecule has 2 nitrogen and oxygen atoms in total. The predicted octanol–water partition coefficient (Wildman–Crippen LogP) is 2.64. The highest BCUT2D eigenvalue weighted by molar-refractivity contribution is 14.1. The fourth-order valence-corrected chi connectivity index (χ4v) is 2.28. The molecule has 0 aromatic heterocycles. The number of rotatable bonds is 0. The first-order valence-electron chi connectivity index (χ1n) is 3.98. The van der Waals surface area contributed by atoms with E-state index in [1.54, 1.807) is 0 Å². The Morgan fingerprint density at radius 3 is 2.42 bits per heavy atom. The Kier molecular flexibility index (Phi) is 1.90. The molecule has 1 aromatic rings. The highest BCUT2D eigenvalue weighted by atomic mass is 127. The summed E-state index contributed by atoms with van der Waals surface area (Å²) < 4.78 is 2.26. The zero-order valence-electron chi connectivity index (χ0n) is 7.16. The molecule has 0 aliphatic carbocycles. The number of nitrogens with zero attached hydrogens (tertiary/aromatic N) is 2. The molecule has 3 heteroatoms. The summed E-state index contributed by atoms with van der Waals surface area (Å²) in [7, 11) is 2.13. The molecule has 1 aliphatic heterocycles. The van der Waals surface area contributed by atoms with Crippen LogP contribution in [-0.4, -0.2) is 13.2 Å². The van der Waals surface area contributed by atoms with Crippen LogP contribution < -0.4 is 8.01 Å². The summed E-state index contributed by atoms with van der Waals surface area (Å²) in [6, 6.07) is 8.47. The van der Waals surface area contributed by atoms with Crippen molar-refractivity contribution in [2.45, 2.75) is 13.1 Å². The largest absolute Gasteiger partial charge is 0.352 e. The molecule has 0 N–H and O–H groups in total. The lowest BCUT2D eigenvalue weighted by Gasteiger charge is -2.21. The number of benzene rings is 1. The summed E-state index contributed by atoms with van der Waals surface area (Å²) in [5.74, 6) is 0. The van der Waals surface area contributed by atoms with Gasteiger partial charge in [-0.05, 0) is 19.1 Å². The monoisotopic (exact) mass is 274 g/mol. The number of hydrogen-bond acceptors (Lipinski definition) is 2. The van der Waals surface area contributed by atoms with E-state index in [-0.39, 0.29) is 0 Å². The van der Waals surface area contributed by atoms with Gasteiger partial charge in [-0.15, -0.1) is 0 Å². The number of hydrogen-bond donors (Lipinski definition) is 0. The first-order valence-corrected chi connectivity index (χ1v) is 4.95. The summed E-state index contributed by atoms with van der Waals surface area (Å²) in [6.07, 6.45) is 0.461. The summed E-state index contributed by atoms with van der Waals surface area (Å²) in [4.78, 5) is 2.28. The molecule has 12 heavy (non-hydrogen) atoms. The van der Waals surface area contributed by atoms with Gasteiger partial charge < -0.3 is 4.90 Å². The van der Waals surface area contributed by atoms with Crippen molar-refractivity contribution in [3.05, 3.63) is 24.3 Å². The van der Waals surface area contributed by atoms with E-state index >= 15 is 0 Å². The van der Waals surface area contributed by atoms with Gasteiger partial charge in [0.25, 0.3) is 0 Å². The number of para-hydroxylation sites is 2.